The summed E-state index contributed by atoms with van der Waals surface area (Å²) in [5.41, 5.74) is 5.73. The second-order valence-electron chi connectivity index (χ2n) is 5.17. The van der Waals surface area contributed by atoms with Crippen molar-refractivity contribution >= 4 is 39.6 Å². The van der Waals surface area contributed by atoms with Crippen LogP contribution in [0.2, 0.25) is 5.02 Å². The molecule has 0 aliphatic carbocycles. The van der Waals surface area contributed by atoms with Crippen LogP contribution in [0.1, 0.15) is 11.1 Å². The summed E-state index contributed by atoms with van der Waals surface area (Å²) < 4.78 is 29.6. The Morgan fingerprint density at radius 2 is 1.89 bits per heavy atom. The van der Waals surface area contributed by atoms with Crippen LogP contribution in [0.5, 0.6) is 0 Å². The maximum Gasteiger partial charge on any atom is 0.294 e. The molecule has 0 amide bonds. The van der Waals surface area contributed by atoms with Crippen molar-refractivity contribution in [1.82, 2.24) is 5.17 Å². The minimum atomic E-state index is -4.02. The molecule has 13 heteroatoms. The van der Waals surface area contributed by atoms with Crippen molar-refractivity contribution in [3.63, 3.8) is 0 Å². The van der Waals surface area contributed by atoms with Gasteiger partial charge in [0.05, 0.1) is 21.6 Å². The van der Waals surface area contributed by atoms with Gasteiger partial charge < -0.3 is 5.73 Å². The first-order valence-corrected chi connectivity index (χ1v) is 9.08. The van der Waals surface area contributed by atoms with Crippen LogP contribution in [0.15, 0.2) is 52.5 Å². The Morgan fingerprint density at radius 3 is 2.36 bits per heavy atom. The Bertz CT molecular complexity index is 994. The summed E-state index contributed by atoms with van der Waals surface area (Å²) in [4.78, 5) is 9.98. The van der Waals surface area contributed by atoms with E-state index in [1.54, 1.807) is 12.1 Å². The van der Waals surface area contributed by atoms with E-state index in [0.29, 0.717) is 0 Å². The molecule has 0 aliphatic heterocycles. The maximum absolute atomic E-state index is 10.7. The zero-order valence-corrected chi connectivity index (χ0v) is 15.9. The van der Waals surface area contributed by atoms with Crippen molar-refractivity contribution in [2.75, 3.05) is 0 Å². The molecular weight excluding hydrogens is 414 g/mol. The molecule has 28 heavy (non-hydrogen) atoms. The summed E-state index contributed by atoms with van der Waals surface area (Å²) in [6.07, 6.45) is 0.978. The van der Waals surface area contributed by atoms with Gasteiger partial charge in [0, 0.05) is 11.1 Å². The normalized spacial score (nSPS) is 10.9. The number of hydrogen-bond donors (Lipinski definition) is 4. The van der Waals surface area contributed by atoms with Crippen LogP contribution in [0.3, 0.4) is 0 Å². The molecule has 0 radical (unpaired) electrons. The zero-order valence-electron chi connectivity index (χ0n) is 14.4. The first-order valence-electron chi connectivity index (χ1n) is 7.27. The molecule has 2 aromatic carbocycles. The number of nitrogens with one attached hydrogen (secondary N) is 1. The highest BCUT2D eigenvalue weighted by atomic mass is 35.5. The molecule has 5 N–H and O–H groups in total. The quantitative estimate of drug-likeness (QED) is 0.187. The monoisotopic (exact) mass is 429 g/mol. The second kappa shape index (κ2) is 9.75. The van der Waals surface area contributed by atoms with Crippen molar-refractivity contribution in [2.24, 2.45) is 10.8 Å². The van der Waals surface area contributed by atoms with Crippen LogP contribution >= 0.6 is 11.6 Å². The zero-order chi connectivity index (χ0) is 21.5. The number of aryl methyl sites for hydroxylation is 1. The maximum atomic E-state index is 10.7. The number of nitrogens with zero attached hydrogens (tertiary/aromatic N) is 3. The number of benzene rings is 2. The molecule has 0 bridgehead atoms. The second-order valence-corrected chi connectivity index (χ2v) is 7.03. The molecule has 11 nitrogen and oxygen atoms in total. The average molecular weight is 430 g/mol. The summed E-state index contributed by atoms with van der Waals surface area (Å²) in [5, 5.41) is 30.2. The van der Waals surface area contributed by atoms with E-state index in [-0.39, 0.29) is 26.3 Å². The lowest BCUT2D eigenvalue weighted by atomic mass is 10.2. The van der Waals surface area contributed by atoms with Crippen LogP contribution in [0.4, 0.5) is 5.69 Å². The first kappa shape index (κ1) is 23.0. The van der Waals surface area contributed by atoms with Crippen molar-refractivity contribution in [2.45, 2.75) is 11.8 Å². The molecule has 0 heterocycles. The van der Waals surface area contributed by atoms with E-state index in [1.807, 2.05) is 6.92 Å². The molecule has 0 spiro atoms. The summed E-state index contributed by atoms with van der Waals surface area (Å²) >= 11 is 5.67. The molecule has 150 valence electrons. The number of hydroxylamine groups is 1. The molecular formula is C15H16ClN5O6S. The van der Waals surface area contributed by atoms with E-state index in [0.717, 1.165) is 11.8 Å². The third-order valence-electron chi connectivity index (χ3n) is 3.03. The van der Waals surface area contributed by atoms with Gasteiger partial charge in [0.15, 0.2) is 0 Å². The van der Waals surface area contributed by atoms with Gasteiger partial charge in [-0.2, -0.15) is 13.5 Å². The lowest BCUT2D eigenvalue weighted by molar-refractivity contribution is -0.385. The van der Waals surface area contributed by atoms with Crippen molar-refractivity contribution < 1.29 is 23.1 Å². The van der Waals surface area contributed by atoms with E-state index in [2.05, 4.69) is 5.10 Å². The Balaban J connectivity index is 0.000000307. The van der Waals surface area contributed by atoms with Crippen molar-refractivity contribution in [1.29, 1.82) is 5.41 Å². The Morgan fingerprint density at radius 1 is 1.32 bits per heavy atom. The molecule has 2 aromatic rings. The number of guanidine groups is 1. The van der Waals surface area contributed by atoms with Gasteiger partial charge in [-0.15, -0.1) is 5.17 Å². The number of nitro groups is 1. The van der Waals surface area contributed by atoms with Crippen molar-refractivity contribution in [3.05, 3.63) is 68.7 Å². The topological polar surface area (TPSA) is 183 Å². The number of hydrazone groups is 1. The van der Waals surface area contributed by atoms with Gasteiger partial charge in [-0.25, -0.2) is 0 Å². The molecule has 0 aromatic heterocycles. The number of halogens is 1. The third-order valence-corrected chi connectivity index (χ3v) is 4.13. The molecule has 0 atom stereocenters. The van der Waals surface area contributed by atoms with Crippen LogP contribution in [0.25, 0.3) is 0 Å². The fraction of sp³-hybridized carbons (Fsp3) is 0.0667. The Hall–Kier alpha value is -3.06. The molecule has 0 aliphatic rings. The van der Waals surface area contributed by atoms with E-state index >= 15 is 0 Å². The minimum Gasteiger partial charge on any atom is -0.367 e. The molecule has 0 saturated carbocycles. The summed E-state index contributed by atoms with van der Waals surface area (Å²) in [5.74, 6) is -0.717. The molecule has 0 fully saturated rings. The fourth-order valence-electron chi connectivity index (χ4n) is 1.68. The van der Waals surface area contributed by atoms with Crippen molar-refractivity contribution in [3.8, 4) is 0 Å². The SMILES string of the molecule is Cc1ccc(S(=O)(=O)O)cc1.N=C(N)N(O)N=Cc1cc(Cl)ccc1[N+](=O)[O-]. The number of rotatable bonds is 4. The highest BCUT2D eigenvalue weighted by Gasteiger charge is 2.12. The highest BCUT2D eigenvalue weighted by Crippen LogP contribution is 2.21. The standard InChI is InChI=1S/C8H8ClN5O3.C7H8O3S/c9-6-1-2-7(14(16)17)5(3-6)4-12-13(15)8(10)11;1-6-2-4-7(5-3-6)11(8,9)10/h1-4,15H,(H3,10,11);2-5H,1H3,(H,8,9,10). The largest absolute Gasteiger partial charge is 0.367 e. The van der Waals surface area contributed by atoms with Crippen LogP contribution < -0.4 is 5.73 Å². The highest BCUT2D eigenvalue weighted by molar-refractivity contribution is 7.85. The average Bonchev–Trinajstić information content (AvgIpc) is 2.59. The number of nitrogens with two attached hydrogens (primary N) is 1. The van der Waals surface area contributed by atoms with Gasteiger partial charge in [0.25, 0.3) is 15.8 Å². The Kier molecular flexibility index (Phi) is 8.00. The summed E-state index contributed by atoms with van der Waals surface area (Å²) in [6, 6.07) is 9.86. The molecule has 0 saturated heterocycles. The van der Waals surface area contributed by atoms with E-state index < -0.39 is 21.0 Å². The Labute approximate surface area is 165 Å². The van der Waals surface area contributed by atoms with E-state index in [1.165, 1.54) is 30.3 Å². The summed E-state index contributed by atoms with van der Waals surface area (Å²) in [6.45, 7) is 1.84. The van der Waals surface area contributed by atoms with Gasteiger partial charge >= 0.3 is 0 Å². The summed E-state index contributed by atoms with van der Waals surface area (Å²) in [7, 11) is -4.02. The predicted molar refractivity (Wildman–Crippen MR) is 102 cm³/mol. The van der Waals surface area contributed by atoms with Gasteiger partial charge in [0.1, 0.15) is 0 Å². The van der Waals surface area contributed by atoms with E-state index in [4.69, 9.17) is 32.5 Å². The molecule has 2 rings (SSSR count). The number of nitro benzene ring substituents is 1. The fourth-order valence-corrected chi connectivity index (χ4v) is 2.34. The van der Waals surface area contributed by atoms with Gasteiger partial charge in [-0.1, -0.05) is 29.3 Å². The van der Waals surface area contributed by atoms with Crippen LogP contribution in [-0.2, 0) is 10.1 Å². The molecule has 0 unspecified atom stereocenters. The van der Waals surface area contributed by atoms with Gasteiger partial charge in [0.2, 0.25) is 5.96 Å². The van der Waals surface area contributed by atoms with Crippen LogP contribution in [-0.4, -0.2) is 40.4 Å². The van der Waals surface area contributed by atoms with E-state index in [9.17, 15) is 18.5 Å². The predicted octanol–water partition coefficient (Wildman–Crippen LogP) is 2.41. The lowest BCUT2D eigenvalue weighted by Crippen LogP contribution is -2.28. The lowest BCUT2D eigenvalue weighted by Gasteiger charge is -2.05. The van der Waals surface area contributed by atoms with Gasteiger partial charge in [-0.05, 0) is 31.2 Å². The minimum absolute atomic E-state index is 0.0666. The third kappa shape index (κ3) is 7.28. The number of hydrogen-bond acceptors (Lipinski definition) is 7. The first-order chi connectivity index (χ1) is 12.9. The van der Waals surface area contributed by atoms with Crippen LogP contribution in [0, 0.1) is 22.4 Å². The van der Waals surface area contributed by atoms with Gasteiger partial charge in [-0.3, -0.25) is 25.3 Å². The smallest absolute Gasteiger partial charge is 0.294 e.